The summed E-state index contributed by atoms with van der Waals surface area (Å²) in [4.78, 5) is 0. The fraction of sp³-hybridized carbons (Fsp3) is 0.742. The van der Waals surface area contributed by atoms with Gasteiger partial charge in [0.25, 0.3) is 0 Å². The van der Waals surface area contributed by atoms with Crippen LogP contribution in [-0.4, -0.2) is 11.2 Å². The SMILES string of the molecule is C=C1CCC(CC(C)(C)C)C/C1=C\C=C1/CCCC2(C)C(C/C=C/C(O)C3CC3)CCC12. The van der Waals surface area contributed by atoms with Crippen molar-refractivity contribution in [1.82, 2.24) is 0 Å². The summed E-state index contributed by atoms with van der Waals surface area (Å²) in [7, 11) is 0. The van der Waals surface area contributed by atoms with Crippen LogP contribution in [0.25, 0.3) is 0 Å². The summed E-state index contributed by atoms with van der Waals surface area (Å²) in [5.74, 6) is 2.89. The second-order valence-corrected chi connectivity index (χ2v) is 13.1. The zero-order valence-electron chi connectivity index (χ0n) is 21.3. The highest BCUT2D eigenvalue weighted by Gasteiger charge is 2.48. The summed E-state index contributed by atoms with van der Waals surface area (Å²) in [5.41, 5.74) is 5.48. The van der Waals surface area contributed by atoms with Crippen LogP contribution in [0.1, 0.15) is 105 Å². The first-order valence-electron chi connectivity index (χ1n) is 13.6. The Morgan fingerprint density at radius 3 is 2.59 bits per heavy atom. The van der Waals surface area contributed by atoms with Gasteiger partial charge in [-0.05, 0) is 117 Å². The monoisotopic (exact) mass is 436 g/mol. The molecule has 5 unspecified atom stereocenters. The van der Waals surface area contributed by atoms with Gasteiger partial charge in [-0.15, -0.1) is 0 Å². The van der Waals surface area contributed by atoms with Crippen LogP contribution in [0.15, 0.2) is 47.6 Å². The van der Waals surface area contributed by atoms with Gasteiger partial charge < -0.3 is 5.11 Å². The van der Waals surface area contributed by atoms with Crippen molar-refractivity contribution in [1.29, 1.82) is 0 Å². The van der Waals surface area contributed by atoms with Crippen LogP contribution in [-0.2, 0) is 0 Å². The molecule has 1 heteroatoms. The molecule has 0 radical (unpaired) electrons. The van der Waals surface area contributed by atoms with Crippen molar-refractivity contribution in [3.63, 3.8) is 0 Å². The molecule has 0 aliphatic heterocycles. The van der Waals surface area contributed by atoms with Gasteiger partial charge in [-0.3, -0.25) is 0 Å². The highest BCUT2D eigenvalue weighted by Crippen LogP contribution is 2.58. The zero-order chi connectivity index (χ0) is 22.9. The summed E-state index contributed by atoms with van der Waals surface area (Å²) in [6.45, 7) is 14.1. The molecule has 1 N–H and O–H groups in total. The van der Waals surface area contributed by atoms with Crippen LogP contribution in [0.4, 0.5) is 0 Å². The van der Waals surface area contributed by atoms with Crippen LogP contribution in [0.5, 0.6) is 0 Å². The number of aliphatic hydroxyl groups excluding tert-OH is 1. The number of aliphatic hydroxyl groups is 1. The van der Waals surface area contributed by atoms with Crippen LogP contribution >= 0.6 is 0 Å². The number of hydrogen-bond acceptors (Lipinski definition) is 1. The van der Waals surface area contributed by atoms with Gasteiger partial charge in [0.1, 0.15) is 0 Å². The van der Waals surface area contributed by atoms with E-state index in [4.69, 9.17) is 0 Å². The Kier molecular flexibility index (Phi) is 7.26. The van der Waals surface area contributed by atoms with Gasteiger partial charge in [-0.25, -0.2) is 0 Å². The molecule has 4 aliphatic rings. The molecule has 0 aromatic carbocycles. The van der Waals surface area contributed by atoms with Gasteiger partial charge in [-0.1, -0.05) is 69.7 Å². The Bertz CT molecular complexity index is 771. The van der Waals surface area contributed by atoms with Gasteiger partial charge in [0, 0.05) is 0 Å². The van der Waals surface area contributed by atoms with Crippen molar-refractivity contribution in [2.24, 2.45) is 34.5 Å². The van der Waals surface area contributed by atoms with Crippen molar-refractivity contribution in [2.75, 3.05) is 0 Å². The van der Waals surface area contributed by atoms with E-state index in [2.05, 4.69) is 58.6 Å². The maximum Gasteiger partial charge on any atom is 0.0749 e. The lowest BCUT2D eigenvalue weighted by molar-refractivity contribution is 0.136. The molecule has 0 aromatic heterocycles. The summed E-state index contributed by atoms with van der Waals surface area (Å²) >= 11 is 0. The molecule has 4 saturated carbocycles. The predicted octanol–water partition coefficient (Wildman–Crippen LogP) is 8.57. The van der Waals surface area contributed by atoms with E-state index in [0.29, 0.717) is 16.7 Å². The smallest absolute Gasteiger partial charge is 0.0749 e. The van der Waals surface area contributed by atoms with Crippen molar-refractivity contribution < 1.29 is 5.11 Å². The Hall–Kier alpha value is -1.08. The Labute approximate surface area is 198 Å². The third kappa shape index (κ3) is 5.69. The lowest BCUT2D eigenvalue weighted by Gasteiger charge is -2.42. The minimum atomic E-state index is -0.195. The highest BCUT2D eigenvalue weighted by atomic mass is 16.3. The molecular formula is C31H48O. The van der Waals surface area contributed by atoms with Gasteiger partial charge in [0.2, 0.25) is 0 Å². The van der Waals surface area contributed by atoms with E-state index in [1.807, 2.05) is 0 Å². The molecular weight excluding hydrogens is 388 g/mol. The number of allylic oxidation sites excluding steroid dienone is 6. The van der Waals surface area contributed by atoms with Crippen molar-refractivity contribution in [3.05, 3.63) is 47.6 Å². The minimum absolute atomic E-state index is 0.195. The minimum Gasteiger partial charge on any atom is -0.389 e. The molecule has 0 amide bonds. The number of rotatable bonds is 6. The molecule has 4 fully saturated rings. The molecule has 4 rings (SSSR count). The molecule has 0 bridgehead atoms. The zero-order valence-corrected chi connectivity index (χ0v) is 21.3. The lowest BCUT2D eigenvalue weighted by atomic mass is 9.63. The predicted molar refractivity (Wildman–Crippen MR) is 137 cm³/mol. The average Bonchev–Trinajstić information content (AvgIpc) is 3.51. The second-order valence-electron chi connectivity index (χ2n) is 13.1. The second kappa shape index (κ2) is 9.65. The molecule has 32 heavy (non-hydrogen) atoms. The van der Waals surface area contributed by atoms with E-state index in [0.717, 1.165) is 24.2 Å². The third-order valence-electron chi connectivity index (χ3n) is 9.24. The quantitative estimate of drug-likeness (QED) is 0.413. The standard InChI is InChI=1S/C31H48O/c1-22-11-12-23(21-30(2,3)4)20-26(22)16-13-24-8-7-19-31(5)27(17-18-28(24)31)9-6-10-29(32)25-14-15-25/h6,10,13,16,23,25,27-29,32H,1,7-9,11-12,14-15,17-21H2,2-5H3/b10-6+,24-13+,26-16+. The van der Waals surface area contributed by atoms with Gasteiger partial charge in [0.05, 0.1) is 6.10 Å². The summed E-state index contributed by atoms with van der Waals surface area (Å²) in [6, 6.07) is 0. The maximum atomic E-state index is 10.2. The van der Waals surface area contributed by atoms with Crippen LogP contribution in [0, 0.1) is 34.5 Å². The van der Waals surface area contributed by atoms with E-state index in [1.165, 1.54) is 81.8 Å². The Morgan fingerprint density at radius 2 is 1.88 bits per heavy atom. The molecule has 0 heterocycles. The number of hydrogen-bond donors (Lipinski definition) is 1. The fourth-order valence-electron chi connectivity index (χ4n) is 7.24. The Morgan fingerprint density at radius 1 is 1.09 bits per heavy atom. The molecule has 1 nitrogen and oxygen atoms in total. The van der Waals surface area contributed by atoms with Crippen LogP contribution in [0.3, 0.4) is 0 Å². The summed E-state index contributed by atoms with van der Waals surface area (Å²) in [6.07, 6.45) is 24.5. The molecule has 0 saturated heterocycles. The van der Waals surface area contributed by atoms with Crippen LogP contribution in [0.2, 0.25) is 0 Å². The maximum absolute atomic E-state index is 10.2. The first kappa shape index (κ1) is 24.1. The number of fused-ring (bicyclic) bond motifs is 1. The van der Waals surface area contributed by atoms with Crippen LogP contribution < -0.4 is 0 Å². The van der Waals surface area contributed by atoms with Gasteiger partial charge in [0.15, 0.2) is 0 Å². The molecule has 0 aromatic rings. The normalized spacial score (nSPS) is 37.4. The van der Waals surface area contributed by atoms with Crippen molar-refractivity contribution in [2.45, 2.75) is 111 Å². The molecule has 0 spiro atoms. The van der Waals surface area contributed by atoms with E-state index in [-0.39, 0.29) is 6.10 Å². The first-order chi connectivity index (χ1) is 15.2. The van der Waals surface area contributed by atoms with E-state index < -0.39 is 0 Å². The van der Waals surface area contributed by atoms with E-state index >= 15 is 0 Å². The average molecular weight is 437 g/mol. The van der Waals surface area contributed by atoms with Crippen molar-refractivity contribution >= 4 is 0 Å². The first-order valence-corrected chi connectivity index (χ1v) is 13.6. The topological polar surface area (TPSA) is 20.2 Å². The largest absolute Gasteiger partial charge is 0.389 e. The summed E-state index contributed by atoms with van der Waals surface area (Å²) < 4.78 is 0. The lowest BCUT2D eigenvalue weighted by Crippen LogP contribution is -2.33. The van der Waals surface area contributed by atoms with Gasteiger partial charge in [-0.2, -0.15) is 0 Å². The van der Waals surface area contributed by atoms with Gasteiger partial charge >= 0.3 is 0 Å². The Balaban J connectivity index is 1.42. The molecule has 4 aliphatic carbocycles. The molecule has 5 atom stereocenters. The third-order valence-corrected chi connectivity index (χ3v) is 9.24. The molecule has 178 valence electrons. The van der Waals surface area contributed by atoms with E-state index in [9.17, 15) is 5.11 Å². The van der Waals surface area contributed by atoms with E-state index in [1.54, 1.807) is 5.57 Å². The van der Waals surface area contributed by atoms with Crippen molar-refractivity contribution in [3.8, 4) is 0 Å². The fourth-order valence-corrected chi connectivity index (χ4v) is 7.24. The summed E-state index contributed by atoms with van der Waals surface area (Å²) in [5, 5.41) is 10.2. The highest BCUT2D eigenvalue weighted by molar-refractivity contribution is 5.36.